The molecule has 1 aliphatic carbocycles. The number of carbonyl (C=O) groups excluding carboxylic acids is 2. The van der Waals surface area contributed by atoms with Gasteiger partial charge in [-0.15, -0.1) is 13.2 Å². The number of aromatic nitrogens is 1. The van der Waals surface area contributed by atoms with Gasteiger partial charge in [-0.2, -0.15) is 0 Å². The lowest BCUT2D eigenvalue weighted by molar-refractivity contribution is -0.275. The van der Waals surface area contributed by atoms with Gasteiger partial charge in [0, 0.05) is 0 Å². The lowest BCUT2D eigenvalue weighted by atomic mass is 9.92. The smallest absolute Gasteiger partial charge is 0.475 e. The number of pyridine rings is 1. The predicted octanol–water partition coefficient (Wildman–Crippen LogP) is 1.14. The largest absolute Gasteiger partial charge is 0.573 e. The Hall–Kier alpha value is -2.56. The van der Waals surface area contributed by atoms with Crippen LogP contribution in [-0.2, 0) is 9.53 Å². The Kier molecular flexibility index (Phi) is 5.13. The van der Waals surface area contributed by atoms with Gasteiger partial charge in [0.15, 0.2) is 5.75 Å². The minimum atomic E-state index is -4.92. The highest BCUT2D eigenvalue weighted by Gasteiger charge is 2.42. The van der Waals surface area contributed by atoms with Crippen molar-refractivity contribution in [2.75, 3.05) is 19.8 Å². The topological polar surface area (TPSA) is 113 Å². The maximum absolute atomic E-state index is 12.5. The van der Waals surface area contributed by atoms with Gasteiger partial charge in [0.25, 0.3) is 11.8 Å². The number of halogens is 3. The fourth-order valence-corrected chi connectivity index (χ4v) is 2.55. The van der Waals surface area contributed by atoms with Crippen molar-refractivity contribution in [2.24, 2.45) is 11.7 Å². The normalized spacial score (nSPS) is 18.3. The molecule has 0 bridgehead atoms. The molecule has 27 heavy (non-hydrogen) atoms. The fraction of sp³-hybridized carbons (Fsp3) is 0.562. The Labute approximate surface area is 152 Å². The Balaban J connectivity index is 1.76. The molecule has 3 rings (SSSR count). The third-order valence-electron chi connectivity index (χ3n) is 4.08. The molecule has 0 aromatic carbocycles. The molecular weight excluding hydrogens is 371 g/mol. The molecule has 11 heteroatoms. The summed E-state index contributed by atoms with van der Waals surface area (Å²) in [5.41, 5.74) is 4.06. The zero-order valence-electron chi connectivity index (χ0n) is 14.2. The van der Waals surface area contributed by atoms with Crippen molar-refractivity contribution < 1.29 is 37.0 Å². The third kappa shape index (κ3) is 5.22. The van der Waals surface area contributed by atoms with Crippen molar-refractivity contribution >= 4 is 11.8 Å². The van der Waals surface area contributed by atoms with E-state index in [4.69, 9.17) is 15.2 Å². The molecule has 2 heterocycles. The summed E-state index contributed by atoms with van der Waals surface area (Å²) in [5, 5.41) is 2.60. The third-order valence-corrected chi connectivity index (χ3v) is 4.08. The van der Waals surface area contributed by atoms with Crippen LogP contribution in [0.5, 0.6) is 11.6 Å². The van der Waals surface area contributed by atoms with Crippen LogP contribution in [-0.4, -0.2) is 48.5 Å². The molecule has 1 saturated carbocycles. The van der Waals surface area contributed by atoms with Crippen molar-refractivity contribution in [3.05, 3.63) is 17.8 Å². The number of amides is 2. The summed E-state index contributed by atoms with van der Waals surface area (Å²) >= 11 is 0. The summed E-state index contributed by atoms with van der Waals surface area (Å²) in [6.07, 6.45) is -3.20. The predicted molar refractivity (Wildman–Crippen MR) is 84.0 cm³/mol. The van der Waals surface area contributed by atoms with Gasteiger partial charge in [0.1, 0.15) is 5.69 Å². The van der Waals surface area contributed by atoms with Gasteiger partial charge in [-0.25, -0.2) is 4.98 Å². The van der Waals surface area contributed by atoms with E-state index in [1.54, 1.807) is 0 Å². The van der Waals surface area contributed by atoms with Crippen molar-refractivity contribution in [1.82, 2.24) is 10.3 Å². The number of nitrogens with zero attached hydrogens (tertiary/aromatic N) is 1. The summed E-state index contributed by atoms with van der Waals surface area (Å²) in [7, 11) is 0. The van der Waals surface area contributed by atoms with Gasteiger partial charge in [-0.05, 0) is 30.9 Å². The molecule has 0 atom stereocenters. The van der Waals surface area contributed by atoms with Gasteiger partial charge in [-0.1, -0.05) is 0 Å². The van der Waals surface area contributed by atoms with Crippen LogP contribution in [0.1, 0.15) is 29.8 Å². The Morgan fingerprint density at radius 1 is 1.33 bits per heavy atom. The van der Waals surface area contributed by atoms with Crippen LogP contribution >= 0.6 is 0 Å². The lowest BCUT2D eigenvalue weighted by Crippen LogP contribution is -2.63. The SMILES string of the molecule is NC(=O)CC1(NC(=O)c2ccc(OC(F)(F)F)c(OCC3CC3)n2)COC1. The van der Waals surface area contributed by atoms with Crippen LogP contribution in [0.4, 0.5) is 13.2 Å². The zero-order chi connectivity index (χ0) is 19.7. The number of hydrogen-bond acceptors (Lipinski definition) is 6. The molecule has 1 aliphatic heterocycles. The minimum Gasteiger partial charge on any atom is -0.475 e. The van der Waals surface area contributed by atoms with E-state index in [-0.39, 0.29) is 37.9 Å². The summed E-state index contributed by atoms with van der Waals surface area (Å²) in [6, 6.07) is 2.05. The highest BCUT2D eigenvalue weighted by molar-refractivity contribution is 5.93. The second-order valence-corrected chi connectivity index (χ2v) is 6.67. The fourth-order valence-electron chi connectivity index (χ4n) is 2.55. The van der Waals surface area contributed by atoms with Crippen molar-refractivity contribution in [3.8, 4) is 11.6 Å². The van der Waals surface area contributed by atoms with E-state index in [9.17, 15) is 22.8 Å². The van der Waals surface area contributed by atoms with E-state index in [1.165, 1.54) is 0 Å². The molecule has 0 spiro atoms. The molecule has 2 fully saturated rings. The number of nitrogens with two attached hydrogens (primary N) is 1. The van der Waals surface area contributed by atoms with E-state index < -0.39 is 35.3 Å². The molecule has 0 radical (unpaired) electrons. The van der Waals surface area contributed by atoms with E-state index in [1.807, 2.05) is 0 Å². The second kappa shape index (κ2) is 7.22. The molecule has 3 N–H and O–H groups in total. The molecule has 1 aromatic rings. The molecule has 1 aromatic heterocycles. The standard InChI is InChI=1S/C16H18F3N3O5/c17-16(18,19)27-11-4-3-10(21-14(11)26-6-9-1-2-9)13(24)22-15(5-12(20)23)7-25-8-15/h3-4,9H,1-2,5-8H2,(H2,20,23)(H,22,24). The maximum Gasteiger partial charge on any atom is 0.573 e. The van der Waals surface area contributed by atoms with Gasteiger partial charge in [0.05, 0.1) is 31.8 Å². The highest BCUT2D eigenvalue weighted by atomic mass is 19.4. The summed E-state index contributed by atoms with van der Waals surface area (Å²) < 4.78 is 51.9. The minimum absolute atomic E-state index is 0.0992. The van der Waals surface area contributed by atoms with Gasteiger partial charge in [0.2, 0.25) is 5.91 Å². The average molecular weight is 389 g/mol. The Morgan fingerprint density at radius 3 is 2.56 bits per heavy atom. The van der Waals surface area contributed by atoms with E-state index in [2.05, 4.69) is 15.0 Å². The zero-order valence-corrected chi connectivity index (χ0v) is 14.2. The Bertz CT molecular complexity index is 733. The Morgan fingerprint density at radius 2 is 2.04 bits per heavy atom. The molecule has 148 valence electrons. The first-order valence-electron chi connectivity index (χ1n) is 8.24. The first-order chi connectivity index (χ1) is 12.7. The number of alkyl halides is 3. The van der Waals surface area contributed by atoms with Gasteiger partial charge in [-0.3, -0.25) is 9.59 Å². The van der Waals surface area contributed by atoms with Crippen LogP contribution in [0.2, 0.25) is 0 Å². The monoisotopic (exact) mass is 389 g/mol. The van der Waals surface area contributed by atoms with Crippen LogP contribution in [0.3, 0.4) is 0 Å². The number of ether oxygens (including phenoxy) is 3. The average Bonchev–Trinajstić information content (AvgIpc) is 3.34. The van der Waals surface area contributed by atoms with Gasteiger partial charge >= 0.3 is 6.36 Å². The molecule has 8 nitrogen and oxygen atoms in total. The number of primary amides is 1. The number of nitrogens with one attached hydrogen (secondary N) is 1. The van der Waals surface area contributed by atoms with Crippen molar-refractivity contribution in [1.29, 1.82) is 0 Å². The molecule has 1 saturated heterocycles. The second-order valence-electron chi connectivity index (χ2n) is 6.67. The van der Waals surface area contributed by atoms with Crippen LogP contribution < -0.4 is 20.5 Å². The number of hydrogen-bond donors (Lipinski definition) is 2. The van der Waals surface area contributed by atoms with Crippen molar-refractivity contribution in [2.45, 2.75) is 31.2 Å². The van der Waals surface area contributed by atoms with Crippen LogP contribution in [0.15, 0.2) is 12.1 Å². The highest BCUT2D eigenvalue weighted by Crippen LogP contribution is 2.34. The van der Waals surface area contributed by atoms with Crippen LogP contribution in [0.25, 0.3) is 0 Å². The van der Waals surface area contributed by atoms with Crippen molar-refractivity contribution in [3.63, 3.8) is 0 Å². The van der Waals surface area contributed by atoms with E-state index in [0.29, 0.717) is 0 Å². The van der Waals surface area contributed by atoms with E-state index >= 15 is 0 Å². The number of carbonyl (C=O) groups is 2. The number of rotatable bonds is 8. The van der Waals surface area contributed by atoms with E-state index in [0.717, 1.165) is 25.0 Å². The summed E-state index contributed by atoms with van der Waals surface area (Å²) in [5.74, 6) is -2.09. The maximum atomic E-state index is 12.5. The quantitative estimate of drug-likeness (QED) is 0.690. The summed E-state index contributed by atoms with van der Waals surface area (Å²) in [4.78, 5) is 27.5. The first kappa shape index (κ1) is 19.2. The summed E-state index contributed by atoms with van der Waals surface area (Å²) in [6.45, 7) is 0.385. The molecule has 2 aliphatic rings. The molecule has 0 unspecified atom stereocenters. The first-order valence-corrected chi connectivity index (χ1v) is 8.24. The molecule has 2 amide bonds. The van der Waals surface area contributed by atoms with Gasteiger partial charge < -0.3 is 25.3 Å². The lowest BCUT2D eigenvalue weighted by Gasteiger charge is -2.41. The molecular formula is C16H18F3N3O5. The van der Waals surface area contributed by atoms with Crippen LogP contribution in [0, 0.1) is 5.92 Å².